The number of aliphatic imine (C=N–C) groups is 1. The molecule has 0 aromatic heterocycles. The molecule has 0 amide bonds. The van der Waals surface area contributed by atoms with Crippen molar-refractivity contribution in [1.29, 1.82) is 0 Å². The molecule has 8 heteroatoms. The van der Waals surface area contributed by atoms with E-state index in [1.165, 1.54) is 13.5 Å². The summed E-state index contributed by atoms with van der Waals surface area (Å²) in [5.41, 5.74) is 0. The maximum Gasteiger partial charge on any atom is 0.305 e. The fourth-order valence-corrected chi connectivity index (χ4v) is 3.38. The largest absolute Gasteiger partial charge is 0.469 e. The second-order valence-electron chi connectivity index (χ2n) is 6.40. The highest BCUT2D eigenvalue weighted by atomic mass is 127. The number of likely N-dealkylation sites (tertiary alicyclic amines) is 1. The Morgan fingerprint density at radius 1 is 1.24 bits per heavy atom. The zero-order chi connectivity index (χ0) is 17.2. The van der Waals surface area contributed by atoms with E-state index in [9.17, 15) is 4.79 Å². The van der Waals surface area contributed by atoms with Crippen molar-refractivity contribution in [3.63, 3.8) is 0 Å². The summed E-state index contributed by atoms with van der Waals surface area (Å²) in [5, 5.41) is 3.45. The summed E-state index contributed by atoms with van der Waals surface area (Å²) in [7, 11) is 3.29. The molecule has 7 nitrogen and oxygen atoms in total. The van der Waals surface area contributed by atoms with Gasteiger partial charge in [0.05, 0.1) is 20.3 Å². The van der Waals surface area contributed by atoms with Crippen molar-refractivity contribution in [1.82, 2.24) is 15.1 Å². The van der Waals surface area contributed by atoms with Gasteiger partial charge < -0.3 is 19.7 Å². The molecule has 0 aromatic rings. The highest BCUT2D eigenvalue weighted by molar-refractivity contribution is 14.0. The number of nitrogens with zero attached hydrogens (tertiary/aromatic N) is 3. The number of guanidine groups is 1. The van der Waals surface area contributed by atoms with Crippen molar-refractivity contribution >= 4 is 35.9 Å². The van der Waals surface area contributed by atoms with E-state index in [0.717, 1.165) is 71.2 Å². The Labute approximate surface area is 168 Å². The highest BCUT2D eigenvalue weighted by Crippen LogP contribution is 2.17. The number of carbonyl (C=O) groups is 1. The van der Waals surface area contributed by atoms with E-state index in [2.05, 4.69) is 24.8 Å². The van der Waals surface area contributed by atoms with Gasteiger partial charge in [0.25, 0.3) is 0 Å². The summed E-state index contributed by atoms with van der Waals surface area (Å²) in [6, 6.07) is 0.618. The molecule has 0 aromatic carbocycles. The van der Waals surface area contributed by atoms with Crippen LogP contribution in [-0.4, -0.2) is 87.9 Å². The molecule has 1 unspecified atom stereocenters. The molecule has 1 N–H and O–H groups in total. The fourth-order valence-electron chi connectivity index (χ4n) is 3.38. The normalized spacial score (nSPS) is 21.8. The van der Waals surface area contributed by atoms with E-state index in [4.69, 9.17) is 4.74 Å². The van der Waals surface area contributed by atoms with Crippen LogP contribution >= 0.6 is 24.0 Å². The van der Waals surface area contributed by atoms with E-state index in [1.54, 1.807) is 0 Å². The van der Waals surface area contributed by atoms with Crippen LogP contribution in [0.4, 0.5) is 0 Å². The molecule has 0 bridgehead atoms. The summed E-state index contributed by atoms with van der Waals surface area (Å²) in [4.78, 5) is 20.4. The Morgan fingerprint density at radius 3 is 2.68 bits per heavy atom. The second kappa shape index (κ2) is 12.7. The molecule has 2 aliphatic heterocycles. The molecule has 2 heterocycles. The van der Waals surface area contributed by atoms with Gasteiger partial charge in [0.1, 0.15) is 0 Å². The molecule has 2 saturated heterocycles. The molecule has 146 valence electrons. The number of carbonyl (C=O) groups excluding carboxylic acids is 1. The minimum atomic E-state index is -0.120. The lowest BCUT2D eigenvalue weighted by atomic mass is 10.2. The number of esters is 1. The van der Waals surface area contributed by atoms with Gasteiger partial charge in [-0.1, -0.05) is 6.42 Å². The van der Waals surface area contributed by atoms with Gasteiger partial charge in [-0.05, 0) is 19.3 Å². The van der Waals surface area contributed by atoms with Crippen molar-refractivity contribution in [3.05, 3.63) is 0 Å². The van der Waals surface area contributed by atoms with Gasteiger partial charge in [-0.25, -0.2) is 0 Å². The third-order valence-corrected chi connectivity index (χ3v) is 4.81. The number of hydrogen-bond acceptors (Lipinski definition) is 5. The predicted molar refractivity (Wildman–Crippen MR) is 110 cm³/mol. The number of ether oxygens (including phenoxy) is 2. The first-order valence-electron chi connectivity index (χ1n) is 9.08. The number of nitrogens with one attached hydrogen (secondary N) is 1. The summed E-state index contributed by atoms with van der Waals surface area (Å²) in [5.74, 6) is 0.878. The second-order valence-corrected chi connectivity index (χ2v) is 6.40. The van der Waals surface area contributed by atoms with Gasteiger partial charge in [0.2, 0.25) is 0 Å². The zero-order valence-electron chi connectivity index (χ0n) is 15.5. The van der Waals surface area contributed by atoms with Crippen LogP contribution < -0.4 is 5.32 Å². The lowest BCUT2D eigenvalue weighted by Crippen LogP contribution is -2.46. The van der Waals surface area contributed by atoms with E-state index in [0.29, 0.717) is 12.5 Å². The van der Waals surface area contributed by atoms with Gasteiger partial charge in [-0.2, -0.15) is 0 Å². The summed E-state index contributed by atoms with van der Waals surface area (Å²) in [6.07, 6.45) is 4.65. The number of rotatable bonds is 7. The minimum absolute atomic E-state index is 0. The minimum Gasteiger partial charge on any atom is -0.469 e. The first kappa shape index (κ1) is 22.4. The first-order chi connectivity index (χ1) is 11.7. The van der Waals surface area contributed by atoms with Crippen molar-refractivity contribution in [3.8, 4) is 0 Å². The van der Waals surface area contributed by atoms with Crippen molar-refractivity contribution < 1.29 is 14.3 Å². The molecule has 2 aliphatic rings. The quantitative estimate of drug-likeness (QED) is 0.200. The summed E-state index contributed by atoms with van der Waals surface area (Å²) >= 11 is 0. The SMILES string of the molecule is CN=C(NCCCCCC(=O)OC)N1CCC(N2CCOCC2)C1.I. The molecule has 25 heavy (non-hydrogen) atoms. The molecule has 0 radical (unpaired) electrons. The van der Waals surface area contributed by atoms with Crippen molar-refractivity contribution in [2.24, 2.45) is 4.99 Å². The van der Waals surface area contributed by atoms with E-state index in [1.807, 2.05) is 7.05 Å². The Kier molecular flexibility index (Phi) is 11.4. The van der Waals surface area contributed by atoms with Gasteiger partial charge in [-0.3, -0.25) is 14.7 Å². The maximum absolute atomic E-state index is 11.1. The zero-order valence-corrected chi connectivity index (χ0v) is 17.9. The first-order valence-corrected chi connectivity index (χ1v) is 9.08. The van der Waals surface area contributed by atoms with E-state index in [-0.39, 0.29) is 29.9 Å². The van der Waals surface area contributed by atoms with Crippen LogP contribution in [0.3, 0.4) is 0 Å². The number of halogens is 1. The third-order valence-electron chi connectivity index (χ3n) is 4.81. The molecule has 2 rings (SSSR count). The molecule has 2 fully saturated rings. The highest BCUT2D eigenvalue weighted by Gasteiger charge is 2.30. The van der Waals surface area contributed by atoms with Crippen LogP contribution in [0, 0.1) is 0 Å². The van der Waals surface area contributed by atoms with E-state index < -0.39 is 0 Å². The summed E-state index contributed by atoms with van der Waals surface area (Å²) < 4.78 is 10.1. The number of methoxy groups -OCH3 is 1. The topological polar surface area (TPSA) is 66.4 Å². The Bertz CT molecular complexity index is 417. The molecule has 1 atom stereocenters. The van der Waals surface area contributed by atoms with Gasteiger partial charge >= 0.3 is 5.97 Å². The van der Waals surface area contributed by atoms with Crippen LogP contribution in [0.25, 0.3) is 0 Å². The third kappa shape index (κ3) is 7.65. The molecule has 0 spiro atoms. The van der Waals surface area contributed by atoms with E-state index >= 15 is 0 Å². The maximum atomic E-state index is 11.1. The molecular weight excluding hydrogens is 435 g/mol. The van der Waals surface area contributed by atoms with Gasteiger partial charge in [0, 0.05) is 52.2 Å². The van der Waals surface area contributed by atoms with Crippen LogP contribution in [0.1, 0.15) is 32.1 Å². The number of unbranched alkanes of at least 4 members (excludes halogenated alkanes) is 2. The number of morpholine rings is 1. The summed E-state index contributed by atoms with van der Waals surface area (Å²) in [6.45, 7) is 6.80. The Balaban J connectivity index is 0.00000312. The van der Waals surface area contributed by atoms with Crippen molar-refractivity contribution in [2.75, 3.05) is 60.1 Å². The van der Waals surface area contributed by atoms with Gasteiger partial charge in [-0.15, -0.1) is 24.0 Å². The van der Waals surface area contributed by atoms with Crippen molar-refractivity contribution in [2.45, 2.75) is 38.1 Å². The Hall–Kier alpha value is -0.610. The van der Waals surface area contributed by atoms with Gasteiger partial charge in [0.15, 0.2) is 5.96 Å². The fraction of sp³-hybridized carbons (Fsp3) is 0.882. The average molecular weight is 468 g/mol. The van der Waals surface area contributed by atoms with Crippen LogP contribution in [0.2, 0.25) is 0 Å². The standard InChI is InChI=1S/C17H32N4O3.HI/c1-18-17(19-8-5-3-4-6-16(22)23-2)21-9-7-15(14-21)20-10-12-24-13-11-20;/h15H,3-14H2,1-2H3,(H,18,19);1H. The lowest BCUT2D eigenvalue weighted by molar-refractivity contribution is -0.140. The lowest BCUT2D eigenvalue weighted by Gasteiger charge is -2.32. The average Bonchev–Trinajstić information content (AvgIpc) is 3.11. The van der Waals surface area contributed by atoms with Crippen LogP contribution in [-0.2, 0) is 14.3 Å². The number of hydrogen-bond donors (Lipinski definition) is 1. The van der Waals surface area contributed by atoms with Crippen LogP contribution in [0.5, 0.6) is 0 Å². The molecule has 0 aliphatic carbocycles. The predicted octanol–water partition coefficient (Wildman–Crippen LogP) is 1.32. The monoisotopic (exact) mass is 468 g/mol. The Morgan fingerprint density at radius 2 is 2.00 bits per heavy atom. The van der Waals surface area contributed by atoms with Crippen LogP contribution in [0.15, 0.2) is 4.99 Å². The smallest absolute Gasteiger partial charge is 0.305 e. The molecule has 0 saturated carbocycles. The molecular formula is C17H33IN4O3.